The fourth-order valence-electron chi connectivity index (χ4n) is 1.59. The zero-order valence-electron chi connectivity index (χ0n) is 12.6. The lowest BCUT2D eigenvalue weighted by Crippen LogP contribution is -2.30. The normalized spacial score (nSPS) is 9.67. The number of halogens is 1. The van der Waals surface area contributed by atoms with E-state index in [1.807, 2.05) is 6.92 Å². The largest absolute Gasteiger partial charge is 0.497 e. The van der Waals surface area contributed by atoms with Gasteiger partial charge in [0.2, 0.25) is 5.91 Å². The Balaban J connectivity index is 0.00000400. The van der Waals surface area contributed by atoms with E-state index in [1.165, 1.54) is 0 Å². The first-order valence-corrected chi connectivity index (χ1v) is 6.51. The molecule has 1 aromatic carbocycles. The van der Waals surface area contributed by atoms with Crippen LogP contribution >= 0.6 is 12.4 Å². The average Bonchev–Trinajstić information content (AvgIpc) is 2.45. The molecule has 0 unspecified atom stereocenters. The predicted octanol–water partition coefficient (Wildman–Crippen LogP) is 1.69. The summed E-state index contributed by atoms with van der Waals surface area (Å²) in [6.45, 7) is 3.83. The number of hydrogen-bond donors (Lipinski definition) is 2. The van der Waals surface area contributed by atoms with E-state index >= 15 is 0 Å². The molecule has 0 aliphatic rings. The molecule has 1 rings (SSSR count). The molecule has 0 fully saturated rings. The predicted molar refractivity (Wildman–Crippen MR) is 84.8 cm³/mol. The zero-order chi connectivity index (χ0) is 14.8. The number of methoxy groups -OCH3 is 2. The van der Waals surface area contributed by atoms with E-state index < -0.39 is 0 Å². The first-order chi connectivity index (χ1) is 9.71. The second-order valence-corrected chi connectivity index (χ2v) is 4.01. The summed E-state index contributed by atoms with van der Waals surface area (Å²) >= 11 is 0. The lowest BCUT2D eigenvalue weighted by molar-refractivity contribution is -0.115. The summed E-state index contributed by atoms with van der Waals surface area (Å²) in [5.74, 6) is 1.14. The van der Waals surface area contributed by atoms with Gasteiger partial charge in [0.05, 0.1) is 32.6 Å². The standard InChI is InChI=1S/C14H22N2O4.ClH/c1-4-20-13-6-5-11(19-3)9-12(13)16-14(17)10-15-7-8-18-2;/h5-6,9,15H,4,7-8,10H2,1-3H3,(H,16,17);1H. The Hall–Kier alpha value is -1.50. The SMILES string of the molecule is CCOc1ccc(OC)cc1NC(=O)CNCCOC.Cl. The van der Waals surface area contributed by atoms with Crippen molar-refractivity contribution >= 4 is 24.0 Å². The van der Waals surface area contributed by atoms with Crippen molar-refractivity contribution in [1.82, 2.24) is 5.32 Å². The van der Waals surface area contributed by atoms with Gasteiger partial charge in [-0.2, -0.15) is 0 Å². The summed E-state index contributed by atoms with van der Waals surface area (Å²) in [5.41, 5.74) is 0.602. The summed E-state index contributed by atoms with van der Waals surface area (Å²) in [6.07, 6.45) is 0. The highest BCUT2D eigenvalue weighted by atomic mass is 35.5. The van der Waals surface area contributed by atoms with Gasteiger partial charge in [0, 0.05) is 19.7 Å². The fourth-order valence-corrected chi connectivity index (χ4v) is 1.59. The van der Waals surface area contributed by atoms with Crippen LogP contribution in [-0.2, 0) is 9.53 Å². The molecule has 120 valence electrons. The molecule has 0 radical (unpaired) electrons. The Kier molecular flexibility index (Phi) is 10.4. The van der Waals surface area contributed by atoms with Crippen molar-refractivity contribution in [3.63, 3.8) is 0 Å². The number of ether oxygens (including phenoxy) is 3. The number of hydrogen-bond acceptors (Lipinski definition) is 5. The molecule has 1 amide bonds. The van der Waals surface area contributed by atoms with E-state index in [0.29, 0.717) is 36.9 Å². The third-order valence-corrected chi connectivity index (χ3v) is 2.53. The smallest absolute Gasteiger partial charge is 0.238 e. The summed E-state index contributed by atoms with van der Waals surface area (Å²) in [5, 5.41) is 5.78. The molecule has 0 atom stereocenters. The molecule has 0 spiro atoms. The van der Waals surface area contributed by atoms with Gasteiger partial charge in [-0.3, -0.25) is 4.79 Å². The molecule has 0 heterocycles. The van der Waals surface area contributed by atoms with Crippen LogP contribution in [0.5, 0.6) is 11.5 Å². The van der Waals surface area contributed by atoms with Gasteiger partial charge >= 0.3 is 0 Å². The average molecular weight is 319 g/mol. The molecule has 0 saturated carbocycles. The molecule has 6 nitrogen and oxygen atoms in total. The summed E-state index contributed by atoms with van der Waals surface area (Å²) in [4.78, 5) is 11.8. The second-order valence-electron chi connectivity index (χ2n) is 4.01. The van der Waals surface area contributed by atoms with Crippen LogP contribution in [0.1, 0.15) is 6.92 Å². The minimum absolute atomic E-state index is 0. The molecular formula is C14H23ClN2O4. The molecule has 1 aromatic rings. The van der Waals surface area contributed by atoms with E-state index in [2.05, 4.69) is 10.6 Å². The number of benzene rings is 1. The highest BCUT2D eigenvalue weighted by molar-refractivity contribution is 5.94. The molecule has 2 N–H and O–H groups in total. The number of amides is 1. The van der Waals surface area contributed by atoms with E-state index in [-0.39, 0.29) is 24.9 Å². The molecule has 0 aromatic heterocycles. The summed E-state index contributed by atoms with van der Waals surface area (Å²) < 4.78 is 15.5. The maximum Gasteiger partial charge on any atom is 0.238 e. The maximum atomic E-state index is 11.8. The van der Waals surface area contributed by atoms with Crippen LogP contribution in [0.15, 0.2) is 18.2 Å². The highest BCUT2D eigenvalue weighted by Gasteiger charge is 2.09. The van der Waals surface area contributed by atoms with Gasteiger partial charge in [0.1, 0.15) is 11.5 Å². The third kappa shape index (κ3) is 7.17. The second kappa shape index (κ2) is 11.2. The molecule has 0 saturated heterocycles. The Morgan fingerprint density at radius 1 is 1.29 bits per heavy atom. The zero-order valence-corrected chi connectivity index (χ0v) is 13.4. The van der Waals surface area contributed by atoms with E-state index in [1.54, 1.807) is 32.4 Å². The van der Waals surface area contributed by atoms with E-state index in [0.717, 1.165) is 0 Å². The van der Waals surface area contributed by atoms with Crippen molar-refractivity contribution in [3.8, 4) is 11.5 Å². The van der Waals surface area contributed by atoms with Crippen LogP contribution in [0.25, 0.3) is 0 Å². The molecule has 7 heteroatoms. The summed E-state index contributed by atoms with van der Waals surface area (Å²) in [7, 11) is 3.19. The van der Waals surface area contributed by atoms with Crippen LogP contribution in [0, 0.1) is 0 Å². The lowest BCUT2D eigenvalue weighted by atomic mass is 10.2. The first-order valence-electron chi connectivity index (χ1n) is 6.51. The fraction of sp³-hybridized carbons (Fsp3) is 0.500. The molecule has 0 bridgehead atoms. The van der Waals surface area contributed by atoms with Crippen molar-refractivity contribution in [2.45, 2.75) is 6.92 Å². The van der Waals surface area contributed by atoms with E-state index in [9.17, 15) is 4.79 Å². The van der Waals surface area contributed by atoms with Crippen molar-refractivity contribution in [2.75, 3.05) is 45.8 Å². The molecular weight excluding hydrogens is 296 g/mol. The van der Waals surface area contributed by atoms with Crippen LogP contribution in [0.3, 0.4) is 0 Å². The van der Waals surface area contributed by atoms with Crippen molar-refractivity contribution in [1.29, 1.82) is 0 Å². The number of anilines is 1. The van der Waals surface area contributed by atoms with Crippen molar-refractivity contribution in [3.05, 3.63) is 18.2 Å². The minimum Gasteiger partial charge on any atom is -0.497 e. The number of carbonyl (C=O) groups is 1. The van der Waals surface area contributed by atoms with E-state index in [4.69, 9.17) is 14.2 Å². The first kappa shape index (κ1) is 19.5. The van der Waals surface area contributed by atoms with Gasteiger partial charge in [-0.25, -0.2) is 0 Å². The van der Waals surface area contributed by atoms with Gasteiger partial charge in [-0.1, -0.05) is 0 Å². The minimum atomic E-state index is -0.143. The molecule has 0 aliphatic heterocycles. The highest BCUT2D eigenvalue weighted by Crippen LogP contribution is 2.29. The van der Waals surface area contributed by atoms with Gasteiger partial charge in [0.25, 0.3) is 0 Å². The van der Waals surface area contributed by atoms with Gasteiger partial charge in [-0.05, 0) is 19.1 Å². The molecule has 0 aliphatic carbocycles. The summed E-state index contributed by atoms with van der Waals surface area (Å²) in [6, 6.07) is 5.30. The maximum absolute atomic E-state index is 11.8. The van der Waals surface area contributed by atoms with Crippen LogP contribution in [0.4, 0.5) is 5.69 Å². The van der Waals surface area contributed by atoms with Crippen LogP contribution in [-0.4, -0.2) is 46.4 Å². The topological polar surface area (TPSA) is 68.8 Å². The lowest BCUT2D eigenvalue weighted by Gasteiger charge is -2.13. The number of rotatable bonds is 9. The van der Waals surface area contributed by atoms with Crippen LogP contribution in [0.2, 0.25) is 0 Å². The van der Waals surface area contributed by atoms with Gasteiger partial charge in [0.15, 0.2) is 0 Å². The van der Waals surface area contributed by atoms with Crippen molar-refractivity contribution < 1.29 is 19.0 Å². The Labute approximate surface area is 131 Å². The quantitative estimate of drug-likeness (QED) is 0.678. The monoisotopic (exact) mass is 318 g/mol. The van der Waals surface area contributed by atoms with Gasteiger partial charge < -0.3 is 24.8 Å². The number of nitrogens with one attached hydrogen (secondary N) is 2. The third-order valence-electron chi connectivity index (χ3n) is 2.53. The molecule has 21 heavy (non-hydrogen) atoms. The Morgan fingerprint density at radius 2 is 2.05 bits per heavy atom. The van der Waals surface area contributed by atoms with Gasteiger partial charge in [-0.15, -0.1) is 12.4 Å². The van der Waals surface area contributed by atoms with Crippen molar-refractivity contribution in [2.24, 2.45) is 0 Å². The van der Waals surface area contributed by atoms with Crippen LogP contribution < -0.4 is 20.1 Å². The Morgan fingerprint density at radius 3 is 2.67 bits per heavy atom. The Bertz CT molecular complexity index is 429. The number of carbonyl (C=O) groups excluding carboxylic acids is 1.